The van der Waals surface area contributed by atoms with Gasteiger partial charge in [-0.2, -0.15) is 0 Å². The van der Waals surface area contributed by atoms with E-state index >= 15 is 0 Å². The van der Waals surface area contributed by atoms with E-state index in [0.717, 1.165) is 24.5 Å². The van der Waals surface area contributed by atoms with Crippen LogP contribution in [0.2, 0.25) is 0 Å². The molecule has 0 spiro atoms. The largest absolute Gasteiger partial charge is 0.390 e. The Balaban J connectivity index is 1.50. The van der Waals surface area contributed by atoms with Crippen LogP contribution in [0.15, 0.2) is 28.9 Å². The van der Waals surface area contributed by atoms with E-state index in [1.165, 1.54) is 6.07 Å². The van der Waals surface area contributed by atoms with Crippen LogP contribution in [0, 0.1) is 6.92 Å². The number of nitrogens with zero attached hydrogens (tertiary/aromatic N) is 3. The maximum Gasteiger partial charge on any atom is 0.273 e. The first kappa shape index (κ1) is 18.9. The maximum absolute atomic E-state index is 12.4. The first-order valence-corrected chi connectivity index (χ1v) is 9.42. The average Bonchev–Trinajstić information content (AvgIpc) is 3.27. The van der Waals surface area contributed by atoms with Crippen LogP contribution in [-0.2, 0) is 4.74 Å². The van der Waals surface area contributed by atoms with Crippen molar-refractivity contribution in [2.75, 3.05) is 31.2 Å². The van der Waals surface area contributed by atoms with Gasteiger partial charge in [0.25, 0.3) is 5.91 Å². The lowest BCUT2D eigenvalue weighted by atomic mass is 9.94. The molecule has 1 saturated heterocycles. The van der Waals surface area contributed by atoms with Crippen LogP contribution in [0.5, 0.6) is 0 Å². The van der Waals surface area contributed by atoms with Gasteiger partial charge in [-0.05, 0) is 25.0 Å². The first-order valence-electron chi connectivity index (χ1n) is 9.42. The second-order valence-electron chi connectivity index (χ2n) is 7.27. The van der Waals surface area contributed by atoms with E-state index in [0.29, 0.717) is 25.4 Å². The summed E-state index contributed by atoms with van der Waals surface area (Å²) in [6.07, 6.45) is 0.0939. The number of hydrogen-bond donors (Lipinski definition) is 3. The van der Waals surface area contributed by atoms with E-state index in [-0.39, 0.29) is 11.6 Å². The van der Waals surface area contributed by atoms with E-state index in [1.807, 2.05) is 12.1 Å². The molecule has 3 N–H and O–H groups in total. The summed E-state index contributed by atoms with van der Waals surface area (Å²) in [4.78, 5) is 19.1. The third kappa shape index (κ3) is 3.73. The molecule has 2 aliphatic rings. The molecule has 9 nitrogen and oxygen atoms in total. The molecule has 28 heavy (non-hydrogen) atoms. The third-order valence-corrected chi connectivity index (χ3v) is 5.38. The van der Waals surface area contributed by atoms with Gasteiger partial charge in [-0.25, -0.2) is 4.98 Å². The molecule has 0 bridgehead atoms. The van der Waals surface area contributed by atoms with E-state index in [4.69, 9.17) is 9.26 Å². The number of ether oxygens (including phenoxy) is 1. The SMILES string of the molecule is Cc1cc(C(=O)NC2C(c3ccc(N4CCOCC4)nc3)CC(O)C2O)no1. The number of aryl methyl sites for hydroxylation is 1. The number of anilines is 1. The number of aliphatic hydroxyl groups is 2. The normalized spacial score (nSPS) is 27.8. The highest BCUT2D eigenvalue weighted by molar-refractivity contribution is 5.92. The lowest BCUT2D eigenvalue weighted by molar-refractivity contribution is 0.0293. The molecule has 1 aliphatic carbocycles. The summed E-state index contributed by atoms with van der Waals surface area (Å²) in [5, 5.41) is 27.1. The van der Waals surface area contributed by atoms with Crippen molar-refractivity contribution >= 4 is 11.7 Å². The van der Waals surface area contributed by atoms with Gasteiger partial charge in [-0.15, -0.1) is 0 Å². The number of carbonyl (C=O) groups excluding carboxylic acids is 1. The van der Waals surface area contributed by atoms with Gasteiger partial charge in [-0.1, -0.05) is 11.2 Å². The Morgan fingerprint density at radius 3 is 2.71 bits per heavy atom. The molecule has 3 heterocycles. The summed E-state index contributed by atoms with van der Waals surface area (Å²) in [6.45, 7) is 4.65. The molecule has 1 amide bonds. The van der Waals surface area contributed by atoms with Crippen molar-refractivity contribution in [3.05, 3.63) is 41.4 Å². The van der Waals surface area contributed by atoms with Crippen LogP contribution in [0.1, 0.15) is 34.2 Å². The van der Waals surface area contributed by atoms with Crippen molar-refractivity contribution in [1.29, 1.82) is 0 Å². The number of aliphatic hydroxyl groups excluding tert-OH is 2. The number of morpholine rings is 1. The molecule has 150 valence electrons. The fraction of sp³-hybridized carbons (Fsp3) is 0.526. The van der Waals surface area contributed by atoms with Gasteiger partial charge < -0.3 is 29.7 Å². The van der Waals surface area contributed by atoms with Crippen LogP contribution in [-0.4, -0.2) is 70.8 Å². The third-order valence-electron chi connectivity index (χ3n) is 5.38. The topological polar surface area (TPSA) is 121 Å². The highest BCUT2D eigenvalue weighted by atomic mass is 16.5. The lowest BCUT2D eigenvalue weighted by Crippen LogP contribution is -2.45. The predicted octanol–water partition coefficient (Wildman–Crippen LogP) is 0.222. The van der Waals surface area contributed by atoms with Crippen LogP contribution in [0.4, 0.5) is 5.82 Å². The number of aromatic nitrogens is 2. The van der Waals surface area contributed by atoms with Gasteiger partial charge >= 0.3 is 0 Å². The van der Waals surface area contributed by atoms with Gasteiger partial charge in [0.1, 0.15) is 17.7 Å². The Morgan fingerprint density at radius 1 is 1.29 bits per heavy atom. The molecule has 1 saturated carbocycles. The molecule has 4 atom stereocenters. The first-order chi connectivity index (χ1) is 13.5. The second-order valence-corrected chi connectivity index (χ2v) is 7.27. The minimum absolute atomic E-state index is 0.144. The van der Waals surface area contributed by atoms with Gasteiger partial charge in [0.15, 0.2) is 5.69 Å². The Kier molecular flexibility index (Phi) is 5.29. The highest BCUT2D eigenvalue weighted by Gasteiger charge is 2.43. The molecule has 2 fully saturated rings. The van der Waals surface area contributed by atoms with Crippen LogP contribution >= 0.6 is 0 Å². The smallest absolute Gasteiger partial charge is 0.273 e. The summed E-state index contributed by atoms with van der Waals surface area (Å²) in [7, 11) is 0. The zero-order valence-corrected chi connectivity index (χ0v) is 15.6. The molecule has 4 unspecified atom stereocenters. The Hall–Kier alpha value is -2.49. The number of amides is 1. The van der Waals surface area contributed by atoms with Crippen molar-refractivity contribution < 1.29 is 24.3 Å². The number of hydrogen-bond acceptors (Lipinski definition) is 8. The highest BCUT2D eigenvalue weighted by Crippen LogP contribution is 2.35. The van der Waals surface area contributed by atoms with Crippen LogP contribution in [0.25, 0.3) is 0 Å². The van der Waals surface area contributed by atoms with E-state index in [2.05, 4.69) is 20.4 Å². The summed E-state index contributed by atoms with van der Waals surface area (Å²) in [6, 6.07) is 4.75. The van der Waals surface area contributed by atoms with Gasteiger partial charge in [-0.3, -0.25) is 4.79 Å². The quantitative estimate of drug-likeness (QED) is 0.680. The summed E-state index contributed by atoms with van der Waals surface area (Å²) >= 11 is 0. The lowest BCUT2D eigenvalue weighted by Gasteiger charge is -2.28. The van der Waals surface area contributed by atoms with Crippen LogP contribution in [0.3, 0.4) is 0 Å². The molecule has 0 aromatic carbocycles. The van der Waals surface area contributed by atoms with Crippen molar-refractivity contribution in [2.45, 2.75) is 37.5 Å². The molecule has 2 aromatic rings. The van der Waals surface area contributed by atoms with Crippen molar-refractivity contribution in [1.82, 2.24) is 15.5 Å². The van der Waals surface area contributed by atoms with E-state index in [9.17, 15) is 15.0 Å². The standard InChI is InChI=1S/C19H24N4O5/c1-11-8-14(22-28-11)19(26)21-17-13(9-15(24)18(17)25)12-2-3-16(20-10-12)23-4-6-27-7-5-23/h2-3,8,10,13,15,17-18,24-25H,4-7,9H2,1H3,(H,21,26). The Morgan fingerprint density at radius 2 is 2.07 bits per heavy atom. The fourth-order valence-electron chi connectivity index (χ4n) is 3.85. The number of rotatable bonds is 4. The van der Waals surface area contributed by atoms with E-state index in [1.54, 1.807) is 13.1 Å². The minimum atomic E-state index is -1.07. The molecule has 9 heteroatoms. The fourth-order valence-corrected chi connectivity index (χ4v) is 3.85. The molecule has 4 rings (SSSR count). The number of pyridine rings is 1. The van der Waals surface area contributed by atoms with Crippen molar-refractivity contribution in [2.24, 2.45) is 0 Å². The number of nitrogens with one attached hydrogen (secondary N) is 1. The molecule has 0 radical (unpaired) electrons. The van der Waals surface area contributed by atoms with Gasteiger partial charge in [0.2, 0.25) is 0 Å². The van der Waals surface area contributed by atoms with Gasteiger partial charge in [0, 0.05) is 31.3 Å². The zero-order chi connectivity index (χ0) is 19.7. The maximum atomic E-state index is 12.4. The molecule has 1 aliphatic heterocycles. The van der Waals surface area contributed by atoms with Gasteiger partial charge in [0.05, 0.1) is 25.4 Å². The predicted molar refractivity (Wildman–Crippen MR) is 99.1 cm³/mol. The van der Waals surface area contributed by atoms with Crippen LogP contribution < -0.4 is 10.2 Å². The molecular formula is C19H24N4O5. The summed E-state index contributed by atoms with van der Waals surface area (Å²) in [5.74, 6) is 0.687. The van der Waals surface area contributed by atoms with Crippen molar-refractivity contribution in [3.8, 4) is 0 Å². The minimum Gasteiger partial charge on any atom is -0.390 e. The Labute approximate surface area is 162 Å². The zero-order valence-electron chi connectivity index (χ0n) is 15.6. The average molecular weight is 388 g/mol. The summed E-state index contributed by atoms with van der Waals surface area (Å²) < 4.78 is 10.3. The summed E-state index contributed by atoms with van der Waals surface area (Å²) in [5.41, 5.74) is 1.000. The van der Waals surface area contributed by atoms with Crippen molar-refractivity contribution in [3.63, 3.8) is 0 Å². The molecular weight excluding hydrogens is 364 g/mol. The Bertz CT molecular complexity index is 818. The number of carbonyl (C=O) groups is 1. The van der Waals surface area contributed by atoms with E-state index < -0.39 is 24.2 Å². The molecule has 2 aromatic heterocycles. The second kappa shape index (κ2) is 7.86. The monoisotopic (exact) mass is 388 g/mol.